The van der Waals surface area contributed by atoms with Gasteiger partial charge in [0.2, 0.25) is 0 Å². The van der Waals surface area contributed by atoms with E-state index < -0.39 is 0 Å². The molecule has 0 saturated carbocycles. The summed E-state index contributed by atoms with van der Waals surface area (Å²) in [5.41, 5.74) is 5.01. The summed E-state index contributed by atoms with van der Waals surface area (Å²) in [5.74, 6) is 1.32. The summed E-state index contributed by atoms with van der Waals surface area (Å²) in [5, 5.41) is 3.72. The van der Waals surface area contributed by atoms with E-state index in [2.05, 4.69) is 62.7 Å². The SMILES string of the molecule is Cc1cc(C)c(C(C)NCC2(C)CCCS2)c(C)n1. The van der Waals surface area contributed by atoms with Gasteiger partial charge >= 0.3 is 0 Å². The van der Waals surface area contributed by atoms with Crippen LogP contribution in [-0.2, 0) is 0 Å². The van der Waals surface area contributed by atoms with Crippen LogP contribution in [0, 0.1) is 20.8 Å². The number of nitrogens with one attached hydrogen (secondary N) is 1. The second-order valence-corrected chi connectivity index (χ2v) is 7.77. The van der Waals surface area contributed by atoms with Crippen LogP contribution in [0.1, 0.15) is 55.2 Å². The Labute approximate surface area is 121 Å². The van der Waals surface area contributed by atoms with E-state index in [1.807, 2.05) is 0 Å². The lowest BCUT2D eigenvalue weighted by Gasteiger charge is -2.27. The number of nitrogens with zero attached hydrogens (tertiary/aromatic N) is 1. The molecule has 3 heteroatoms. The number of hydrogen-bond acceptors (Lipinski definition) is 3. The largest absolute Gasteiger partial charge is 0.309 e. The monoisotopic (exact) mass is 278 g/mol. The standard InChI is InChI=1S/C16H26N2S/c1-11-9-12(2)18-14(4)15(11)13(3)17-10-16(5)7-6-8-19-16/h9,13,17H,6-8,10H2,1-5H3. The molecular formula is C16H26N2S. The van der Waals surface area contributed by atoms with Crippen molar-refractivity contribution < 1.29 is 0 Å². The quantitative estimate of drug-likeness (QED) is 0.903. The highest BCUT2D eigenvalue weighted by Crippen LogP contribution is 2.37. The molecule has 0 spiro atoms. The van der Waals surface area contributed by atoms with Crippen LogP contribution in [-0.4, -0.2) is 22.0 Å². The van der Waals surface area contributed by atoms with Crippen LogP contribution >= 0.6 is 11.8 Å². The zero-order valence-electron chi connectivity index (χ0n) is 12.8. The van der Waals surface area contributed by atoms with Crippen LogP contribution in [0.3, 0.4) is 0 Å². The van der Waals surface area contributed by atoms with Gasteiger partial charge in [-0.25, -0.2) is 0 Å². The highest BCUT2D eigenvalue weighted by Gasteiger charge is 2.29. The van der Waals surface area contributed by atoms with Gasteiger partial charge in [-0.15, -0.1) is 0 Å². The summed E-state index contributed by atoms with van der Waals surface area (Å²) < 4.78 is 0.425. The molecule has 1 aromatic heterocycles. The average molecular weight is 278 g/mol. The summed E-state index contributed by atoms with van der Waals surface area (Å²) in [6.45, 7) is 12.1. The van der Waals surface area contributed by atoms with Crippen LogP contribution in [0.2, 0.25) is 0 Å². The Balaban J connectivity index is 2.06. The molecule has 1 saturated heterocycles. The Hall–Kier alpha value is -0.540. The minimum atomic E-state index is 0.381. The van der Waals surface area contributed by atoms with E-state index in [9.17, 15) is 0 Å². The lowest BCUT2D eigenvalue weighted by molar-refractivity contribution is 0.487. The molecule has 106 valence electrons. The number of aromatic nitrogens is 1. The third-order valence-electron chi connectivity index (χ3n) is 4.10. The summed E-state index contributed by atoms with van der Waals surface area (Å²) in [4.78, 5) is 4.61. The lowest BCUT2D eigenvalue weighted by atomic mass is 9.99. The van der Waals surface area contributed by atoms with Crippen molar-refractivity contribution >= 4 is 11.8 Å². The topological polar surface area (TPSA) is 24.9 Å². The van der Waals surface area contributed by atoms with E-state index >= 15 is 0 Å². The van der Waals surface area contributed by atoms with Gasteiger partial charge in [0.1, 0.15) is 0 Å². The van der Waals surface area contributed by atoms with Gasteiger partial charge in [0.25, 0.3) is 0 Å². The van der Waals surface area contributed by atoms with Crippen molar-refractivity contribution in [1.29, 1.82) is 0 Å². The van der Waals surface area contributed by atoms with Crippen molar-refractivity contribution in [2.75, 3.05) is 12.3 Å². The predicted molar refractivity (Wildman–Crippen MR) is 85.0 cm³/mol. The molecular weight excluding hydrogens is 252 g/mol. The van der Waals surface area contributed by atoms with Gasteiger partial charge in [-0.3, -0.25) is 4.98 Å². The van der Waals surface area contributed by atoms with Crippen LogP contribution < -0.4 is 5.32 Å². The third-order valence-corrected chi connectivity index (χ3v) is 5.64. The second kappa shape index (κ2) is 5.84. The molecule has 19 heavy (non-hydrogen) atoms. The van der Waals surface area contributed by atoms with E-state index in [4.69, 9.17) is 0 Å². The fourth-order valence-electron chi connectivity index (χ4n) is 3.14. The Morgan fingerprint density at radius 2 is 2.16 bits per heavy atom. The molecule has 0 bridgehead atoms. The molecule has 2 rings (SSSR count). The smallest absolute Gasteiger partial charge is 0.0426 e. The molecule has 0 aromatic carbocycles. The van der Waals surface area contributed by atoms with Crippen LogP contribution in [0.5, 0.6) is 0 Å². The average Bonchev–Trinajstić information content (AvgIpc) is 2.73. The molecule has 2 nitrogen and oxygen atoms in total. The molecule has 1 fully saturated rings. The van der Waals surface area contributed by atoms with Crippen LogP contribution in [0.15, 0.2) is 6.07 Å². The normalized spacial score (nSPS) is 24.7. The molecule has 1 aliphatic rings. The second-order valence-electron chi connectivity index (χ2n) is 6.08. The Morgan fingerprint density at radius 3 is 2.74 bits per heavy atom. The highest BCUT2D eigenvalue weighted by atomic mass is 32.2. The number of hydrogen-bond donors (Lipinski definition) is 1. The minimum Gasteiger partial charge on any atom is -0.309 e. The Morgan fingerprint density at radius 1 is 1.42 bits per heavy atom. The van der Waals surface area contributed by atoms with Crippen molar-refractivity contribution in [3.05, 3.63) is 28.6 Å². The van der Waals surface area contributed by atoms with Gasteiger partial charge < -0.3 is 5.32 Å². The van der Waals surface area contributed by atoms with Crippen molar-refractivity contribution in [2.24, 2.45) is 0 Å². The fourth-order valence-corrected chi connectivity index (χ4v) is 4.39. The molecule has 0 amide bonds. The molecule has 1 aromatic rings. The van der Waals surface area contributed by atoms with Crippen molar-refractivity contribution in [3.8, 4) is 0 Å². The first kappa shape index (κ1) is 14.9. The Kier molecular flexibility index (Phi) is 4.57. The third kappa shape index (κ3) is 3.51. The van der Waals surface area contributed by atoms with Gasteiger partial charge in [-0.1, -0.05) is 0 Å². The van der Waals surface area contributed by atoms with Gasteiger partial charge in [0, 0.05) is 28.7 Å². The summed E-state index contributed by atoms with van der Waals surface area (Å²) in [6, 6.07) is 2.57. The van der Waals surface area contributed by atoms with Gasteiger partial charge in [0.05, 0.1) is 0 Å². The zero-order valence-corrected chi connectivity index (χ0v) is 13.7. The summed E-state index contributed by atoms with van der Waals surface area (Å²) in [7, 11) is 0. The zero-order chi connectivity index (χ0) is 14.0. The minimum absolute atomic E-state index is 0.381. The van der Waals surface area contributed by atoms with E-state index in [0.717, 1.165) is 12.2 Å². The van der Waals surface area contributed by atoms with E-state index in [1.54, 1.807) is 0 Å². The maximum absolute atomic E-state index is 4.61. The molecule has 0 radical (unpaired) electrons. The number of aryl methyl sites for hydroxylation is 3. The van der Waals surface area contributed by atoms with E-state index in [1.165, 1.54) is 35.4 Å². The molecule has 1 aliphatic heterocycles. The summed E-state index contributed by atoms with van der Waals surface area (Å²) in [6.07, 6.45) is 2.70. The number of rotatable bonds is 4. The number of pyridine rings is 1. The van der Waals surface area contributed by atoms with Crippen molar-refractivity contribution in [3.63, 3.8) is 0 Å². The maximum atomic E-state index is 4.61. The fraction of sp³-hybridized carbons (Fsp3) is 0.688. The first-order chi connectivity index (χ1) is 8.91. The highest BCUT2D eigenvalue weighted by molar-refractivity contribution is 8.00. The molecule has 2 unspecified atom stereocenters. The number of thioether (sulfide) groups is 1. The lowest BCUT2D eigenvalue weighted by Crippen LogP contribution is -2.35. The Bertz CT molecular complexity index is 427. The molecule has 2 heterocycles. The van der Waals surface area contributed by atoms with Gasteiger partial charge in [0.15, 0.2) is 0 Å². The maximum Gasteiger partial charge on any atom is 0.0426 e. The van der Waals surface area contributed by atoms with Crippen LogP contribution in [0.4, 0.5) is 0 Å². The van der Waals surface area contributed by atoms with E-state index in [-0.39, 0.29) is 0 Å². The molecule has 1 N–H and O–H groups in total. The van der Waals surface area contributed by atoms with Crippen molar-refractivity contribution in [2.45, 2.75) is 58.2 Å². The van der Waals surface area contributed by atoms with E-state index in [0.29, 0.717) is 10.8 Å². The van der Waals surface area contributed by atoms with Gasteiger partial charge in [-0.2, -0.15) is 11.8 Å². The van der Waals surface area contributed by atoms with Crippen molar-refractivity contribution in [1.82, 2.24) is 10.3 Å². The van der Waals surface area contributed by atoms with Crippen LogP contribution in [0.25, 0.3) is 0 Å². The van der Waals surface area contributed by atoms with Gasteiger partial charge in [-0.05, 0) is 70.4 Å². The molecule has 2 atom stereocenters. The first-order valence-electron chi connectivity index (χ1n) is 7.23. The molecule has 0 aliphatic carbocycles. The predicted octanol–water partition coefficient (Wildman–Crippen LogP) is 3.94. The summed E-state index contributed by atoms with van der Waals surface area (Å²) >= 11 is 2.11. The first-order valence-corrected chi connectivity index (χ1v) is 8.22.